The van der Waals surface area contributed by atoms with Crippen molar-refractivity contribution in [2.24, 2.45) is 5.92 Å². The van der Waals surface area contributed by atoms with Crippen molar-refractivity contribution >= 4 is 26.3 Å². The van der Waals surface area contributed by atoms with E-state index in [1.807, 2.05) is 6.92 Å². The Bertz CT molecular complexity index is 1280. The molecule has 0 bridgehead atoms. The number of carbonyl (C=O) groups excluding carboxylic acids is 1. The molecule has 2 atom stereocenters. The summed E-state index contributed by atoms with van der Waals surface area (Å²) in [6.07, 6.45) is -0.966. The number of nitrogens with one attached hydrogen (secondary N) is 1. The second kappa shape index (κ2) is 8.41. The van der Waals surface area contributed by atoms with Crippen molar-refractivity contribution in [1.82, 2.24) is 18.2 Å². The zero-order chi connectivity index (χ0) is 24.9. The highest BCUT2D eigenvalue weighted by Crippen LogP contribution is 2.34. The fourth-order valence-corrected chi connectivity index (χ4v) is 6.59. The van der Waals surface area contributed by atoms with Gasteiger partial charge < -0.3 is 4.74 Å². The molecular weight excluding hydrogens is 468 g/mol. The van der Waals surface area contributed by atoms with Gasteiger partial charge in [0.1, 0.15) is 5.60 Å². The summed E-state index contributed by atoms with van der Waals surface area (Å²) in [4.78, 5) is 12.5. The lowest BCUT2D eigenvalue weighted by Gasteiger charge is -2.37. The first kappa shape index (κ1) is 25.2. The van der Waals surface area contributed by atoms with E-state index in [0.717, 1.165) is 9.65 Å². The van der Waals surface area contributed by atoms with Crippen molar-refractivity contribution in [3.05, 3.63) is 46.8 Å². The van der Waals surface area contributed by atoms with Crippen LogP contribution in [0.2, 0.25) is 0 Å². The molecule has 1 N–H and O–H groups in total. The van der Waals surface area contributed by atoms with Gasteiger partial charge in [-0.25, -0.2) is 4.79 Å². The maximum absolute atomic E-state index is 13.2. The number of aromatic nitrogens is 2. The smallest absolute Gasteiger partial charge is 0.425 e. The van der Waals surface area contributed by atoms with Crippen LogP contribution in [0.25, 0.3) is 0 Å². The molecule has 0 aliphatic carbocycles. The highest BCUT2D eigenvalue weighted by Gasteiger charge is 2.43. The lowest BCUT2D eigenvalue weighted by molar-refractivity contribution is 0.0351. The molecule has 1 saturated heterocycles. The van der Waals surface area contributed by atoms with Gasteiger partial charge in [-0.15, -0.1) is 0 Å². The Hall–Kier alpha value is -2.44. The standard InChI is InChI=1S/C21H30N4O6S2/c1-13-8-10-17(11-9-13)32(27,28)25-16(4)18(15(3)22-25)19-14(2)12-24(33(29,30)23-19)20(26)31-21(5,6)7/h8-11,14,19,23H,12H2,1-7H3/t14-,19-/m1/s1. The average molecular weight is 499 g/mol. The highest BCUT2D eigenvalue weighted by molar-refractivity contribution is 7.90. The summed E-state index contributed by atoms with van der Waals surface area (Å²) in [5.74, 6) is -0.377. The Morgan fingerprint density at radius 3 is 2.27 bits per heavy atom. The summed E-state index contributed by atoms with van der Waals surface area (Å²) in [5.41, 5.74) is 1.21. The first-order chi connectivity index (χ1) is 15.0. The monoisotopic (exact) mass is 498 g/mol. The Morgan fingerprint density at radius 1 is 1.15 bits per heavy atom. The van der Waals surface area contributed by atoms with Crippen molar-refractivity contribution in [3.8, 4) is 0 Å². The van der Waals surface area contributed by atoms with E-state index in [1.54, 1.807) is 53.7 Å². The molecule has 1 aliphatic rings. The number of ether oxygens (including phenoxy) is 1. The normalized spacial score (nSPS) is 21.1. The van der Waals surface area contributed by atoms with Crippen molar-refractivity contribution in [2.45, 2.75) is 65.0 Å². The summed E-state index contributed by atoms with van der Waals surface area (Å²) in [6.45, 7) is 11.7. The summed E-state index contributed by atoms with van der Waals surface area (Å²) in [5, 5.41) is 4.23. The van der Waals surface area contributed by atoms with Crippen LogP contribution in [0.4, 0.5) is 4.79 Å². The van der Waals surface area contributed by atoms with Gasteiger partial charge in [0, 0.05) is 12.1 Å². The number of benzene rings is 1. The number of amides is 1. The fourth-order valence-electron chi connectivity index (χ4n) is 3.76. The molecule has 1 amide bonds. The van der Waals surface area contributed by atoms with Gasteiger partial charge in [-0.2, -0.15) is 35.0 Å². The van der Waals surface area contributed by atoms with Crippen molar-refractivity contribution in [3.63, 3.8) is 0 Å². The van der Waals surface area contributed by atoms with Gasteiger partial charge in [-0.05, 0) is 59.6 Å². The zero-order valence-electron chi connectivity index (χ0n) is 19.8. The molecule has 0 radical (unpaired) electrons. The molecule has 0 unspecified atom stereocenters. The maximum atomic E-state index is 13.2. The largest absolute Gasteiger partial charge is 0.443 e. The molecule has 1 fully saturated rings. The molecule has 12 heteroatoms. The number of carbonyl (C=O) groups is 1. The van der Waals surface area contributed by atoms with Crippen LogP contribution in [0.3, 0.4) is 0 Å². The van der Waals surface area contributed by atoms with Crippen LogP contribution in [0.1, 0.15) is 56.3 Å². The van der Waals surface area contributed by atoms with E-state index in [-0.39, 0.29) is 17.4 Å². The van der Waals surface area contributed by atoms with Crippen LogP contribution >= 0.6 is 0 Å². The molecule has 0 saturated carbocycles. The fraction of sp³-hybridized carbons (Fsp3) is 0.524. The minimum atomic E-state index is -4.22. The van der Waals surface area contributed by atoms with Crippen molar-refractivity contribution in [2.75, 3.05) is 6.54 Å². The molecule has 1 aliphatic heterocycles. The van der Waals surface area contributed by atoms with Gasteiger partial charge in [0.25, 0.3) is 10.0 Å². The van der Waals surface area contributed by atoms with Crippen LogP contribution in [0.15, 0.2) is 29.2 Å². The molecule has 10 nitrogen and oxygen atoms in total. The van der Waals surface area contributed by atoms with Gasteiger partial charge in [0.05, 0.1) is 22.3 Å². The minimum Gasteiger partial charge on any atom is -0.443 e. The molecule has 182 valence electrons. The third-order valence-electron chi connectivity index (χ3n) is 5.35. The molecule has 2 heterocycles. The van der Waals surface area contributed by atoms with Crippen molar-refractivity contribution < 1.29 is 26.4 Å². The van der Waals surface area contributed by atoms with E-state index in [0.29, 0.717) is 21.3 Å². The van der Waals surface area contributed by atoms with Gasteiger partial charge in [-0.1, -0.05) is 24.6 Å². The summed E-state index contributed by atoms with van der Waals surface area (Å²) in [7, 11) is -8.19. The Balaban J connectivity index is 1.98. The number of hydrogen-bond acceptors (Lipinski definition) is 7. The zero-order valence-corrected chi connectivity index (χ0v) is 21.4. The lowest BCUT2D eigenvalue weighted by atomic mass is 9.94. The van der Waals surface area contributed by atoms with Gasteiger partial charge >= 0.3 is 16.3 Å². The van der Waals surface area contributed by atoms with Crippen LogP contribution in [-0.2, 0) is 25.0 Å². The van der Waals surface area contributed by atoms with Crippen LogP contribution < -0.4 is 4.72 Å². The Kier molecular flexibility index (Phi) is 6.42. The van der Waals surface area contributed by atoms with Crippen LogP contribution in [0, 0.1) is 26.7 Å². The van der Waals surface area contributed by atoms with E-state index in [9.17, 15) is 21.6 Å². The molecule has 2 aromatic rings. The van der Waals surface area contributed by atoms with E-state index < -0.39 is 38.0 Å². The maximum Gasteiger partial charge on any atom is 0.425 e. The van der Waals surface area contributed by atoms with E-state index >= 15 is 0 Å². The number of hydrogen-bond donors (Lipinski definition) is 1. The first-order valence-corrected chi connectivity index (χ1v) is 13.3. The number of nitrogens with zero attached hydrogens (tertiary/aromatic N) is 3. The quantitative estimate of drug-likeness (QED) is 0.689. The Morgan fingerprint density at radius 2 is 1.73 bits per heavy atom. The first-order valence-electron chi connectivity index (χ1n) is 10.5. The topological polar surface area (TPSA) is 128 Å². The van der Waals surface area contributed by atoms with Gasteiger partial charge in [-0.3, -0.25) is 0 Å². The van der Waals surface area contributed by atoms with E-state index in [1.165, 1.54) is 12.1 Å². The Labute approximate surface area is 195 Å². The molecule has 0 spiro atoms. The minimum absolute atomic E-state index is 0.0821. The second-order valence-electron chi connectivity index (χ2n) is 9.33. The number of rotatable bonds is 3. The SMILES string of the molecule is Cc1ccc(S(=O)(=O)n2nc(C)c([C@@H]3NS(=O)(=O)N(C(=O)OC(C)(C)C)C[C@H]3C)c2C)cc1. The van der Waals surface area contributed by atoms with E-state index in [2.05, 4.69) is 9.82 Å². The van der Waals surface area contributed by atoms with Crippen LogP contribution in [0.5, 0.6) is 0 Å². The molecular formula is C21H30N4O6S2. The molecule has 1 aromatic carbocycles. The summed E-state index contributed by atoms with van der Waals surface area (Å²) < 4.78 is 61.5. The number of aryl methyl sites for hydroxylation is 2. The highest BCUT2D eigenvalue weighted by atomic mass is 32.2. The molecule has 1 aromatic heterocycles. The molecule has 3 rings (SSSR count). The predicted octanol–water partition coefficient (Wildman–Crippen LogP) is 2.81. The van der Waals surface area contributed by atoms with Crippen molar-refractivity contribution in [1.29, 1.82) is 0 Å². The second-order valence-corrected chi connectivity index (χ2v) is 12.7. The summed E-state index contributed by atoms with van der Waals surface area (Å²) in [6, 6.07) is 5.64. The molecule has 33 heavy (non-hydrogen) atoms. The van der Waals surface area contributed by atoms with Gasteiger partial charge in [0.15, 0.2) is 0 Å². The predicted molar refractivity (Wildman–Crippen MR) is 122 cm³/mol. The average Bonchev–Trinajstić information content (AvgIpc) is 2.97. The van der Waals surface area contributed by atoms with Crippen LogP contribution in [-0.4, -0.2) is 48.6 Å². The third-order valence-corrected chi connectivity index (χ3v) is 8.46. The lowest BCUT2D eigenvalue weighted by Crippen LogP contribution is -2.55. The van der Waals surface area contributed by atoms with E-state index in [4.69, 9.17) is 4.74 Å². The summed E-state index contributed by atoms with van der Waals surface area (Å²) >= 11 is 0. The van der Waals surface area contributed by atoms with Gasteiger partial charge in [0.2, 0.25) is 0 Å². The third kappa shape index (κ3) is 4.92.